The second-order valence-electron chi connectivity index (χ2n) is 13.0. The number of piperazine rings is 1. The van der Waals surface area contributed by atoms with Crippen LogP contribution in [0.5, 0.6) is 11.5 Å². The van der Waals surface area contributed by atoms with Crippen molar-refractivity contribution in [3.05, 3.63) is 71.3 Å². The van der Waals surface area contributed by atoms with Crippen LogP contribution >= 0.6 is 37.2 Å². The molecule has 1 saturated heterocycles. The van der Waals surface area contributed by atoms with Crippen molar-refractivity contribution in [1.29, 1.82) is 0 Å². The summed E-state index contributed by atoms with van der Waals surface area (Å²) in [6.07, 6.45) is 3.05. The first-order valence-corrected chi connectivity index (χ1v) is 17.5. The van der Waals surface area contributed by atoms with Gasteiger partial charge in [-0.15, -0.1) is 37.2 Å². The predicted octanol–water partition coefficient (Wildman–Crippen LogP) is 5.78. The van der Waals surface area contributed by atoms with Crippen LogP contribution in [-0.2, 0) is 4.79 Å². The number of H-pyrrole nitrogens is 1. The van der Waals surface area contributed by atoms with Gasteiger partial charge in [0.15, 0.2) is 0 Å². The molecule has 0 aliphatic carbocycles. The third-order valence-electron chi connectivity index (χ3n) is 9.20. The Morgan fingerprint density at radius 2 is 1.69 bits per heavy atom. The summed E-state index contributed by atoms with van der Waals surface area (Å²) in [5.74, 6) is 1.17. The molecule has 3 aromatic carbocycles. The lowest BCUT2D eigenvalue weighted by Gasteiger charge is -2.32. The number of unbranched alkanes of at least 4 members (excludes halogenated alkanes) is 2. The van der Waals surface area contributed by atoms with Crippen molar-refractivity contribution in [2.45, 2.75) is 32.6 Å². The highest BCUT2D eigenvalue weighted by Crippen LogP contribution is 2.32. The lowest BCUT2D eigenvalue weighted by atomic mass is 10.1. The lowest BCUT2D eigenvalue weighted by Crippen LogP contribution is -2.47. The standard InChI is InChI=1S/C38H50N8O5.3ClH/c1-26-13-16-31(33(24-26)51-23-8-6-7-12-34(47)46-21-19-43(2)20-22-46)45(4)37(49)27-14-15-29(32(25-27)50-5)40-36(48)28-10-9-11-30-35(28)42-38(41-30)44(3)18-17-39;;;/h9-11,13-16,24-25H,6-8,12,17-23,39H2,1-5H3,(H,40,48)(H,41,42);3*1H. The molecule has 0 saturated carbocycles. The van der Waals surface area contributed by atoms with Crippen LogP contribution in [0.15, 0.2) is 54.6 Å². The number of fused-ring (bicyclic) bond motifs is 1. The van der Waals surface area contributed by atoms with Gasteiger partial charge in [0, 0.05) is 65.3 Å². The molecule has 4 N–H and O–H groups in total. The van der Waals surface area contributed by atoms with E-state index in [4.69, 9.17) is 15.2 Å². The molecular formula is C38H53Cl3N8O5. The zero-order valence-electron chi connectivity index (χ0n) is 31.6. The fourth-order valence-electron chi connectivity index (χ4n) is 6.07. The number of hydrogen-bond donors (Lipinski definition) is 3. The number of hydrogen-bond acceptors (Lipinski definition) is 9. The van der Waals surface area contributed by atoms with Crippen LogP contribution in [0, 0.1) is 6.92 Å². The topological polar surface area (TPSA) is 149 Å². The van der Waals surface area contributed by atoms with Crippen LogP contribution in [0.2, 0.25) is 0 Å². The number of para-hydroxylation sites is 1. The number of amides is 3. The quantitative estimate of drug-likeness (QED) is 0.127. The molecule has 0 bridgehead atoms. The van der Waals surface area contributed by atoms with Gasteiger partial charge in [-0.3, -0.25) is 14.4 Å². The summed E-state index contributed by atoms with van der Waals surface area (Å²) in [6, 6.07) is 16.0. The number of carbonyl (C=O) groups is 3. The molecule has 1 aromatic heterocycles. The maximum absolute atomic E-state index is 13.7. The molecule has 3 amide bonds. The molecule has 0 radical (unpaired) electrons. The smallest absolute Gasteiger partial charge is 0.258 e. The number of nitrogens with one attached hydrogen (secondary N) is 2. The van der Waals surface area contributed by atoms with Gasteiger partial charge in [-0.2, -0.15) is 0 Å². The minimum Gasteiger partial charge on any atom is -0.495 e. The Bertz CT molecular complexity index is 1850. The number of imidazole rings is 1. The molecule has 13 nitrogen and oxygen atoms in total. The number of benzene rings is 3. The number of aromatic amines is 1. The Labute approximate surface area is 336 Å². The van der Waals surface area contributed by atoms with Crippen LogP contribution in [0.4, 0.5) is 17.3 Å². The van der Waals surface area contributed by atoms with Gasteiger partial charge in [0.1, 0.15) is 17.0 Å². The maximum Gasteiger partial charge on any atom is 0.258 e. The summed E-state index contributed by atoms with van der Waals surface area (Å²) in [5, 5.41) is 2.92. The molecule has 54 heavy (non-hydrogen) atoms. The van der Waals surface area contributed by atoms with Gasteiger partial charge in [0.2, 0.25) is 11.9 Å². The summed E-state index contributed by atoms with van der Waals surface area (Å²) in [4.78, 5) is 55.3. The Hall–Kier alpha value is -4.27. The van der Waals surface area contributed by atoms with Crippen LogP contribution in [0.3, 0.4) is 0 Å². The predicted molar refractivity (Wildman–Crippen MR) is 223 cm³/mol. The number of nitrogens with zero attached hydrogens (tertiary/aromatic N) is 5. The van der Waals surface area contributed by atoms with Crippen molar-refractivity contribution in [2.24, 2.45) is 5.73 Å². The fourth-order valence-corrected chi connectivity index (χ4v) is 6.07. The number of aryl methyl sites for hydroxylation is 1. The number of ether oxygens (including phenoxy) is 2. The summed E-state index contributed by atoms with van der Waals surface area (Å²) in [7, 11) is 7.16. The monoisotopic (exact) mass is 806 g/mol. The Balaban J connectivity index is 0.00000336. The summed E-state index contributed by atoms with van der Waals surface area (Å²) in [6.45, 7) is 6.98. The number of halogens is 3. The van der Waals surface area contributed by atoms with E-state index in [2.05, 4.69) is 27.2 Å². The van der Waals surface area contributed by atoms with E-state index in [0.717, 1.165) is 56.5 Å². The van der Waals surface area contributed by atoms with Gasteiger partial charge >= 0.3 is 0 Å². The third-order valence-corrected chi connectivity index (χ3v) is 9.20. The Morgan fingerprint density at radius 1 is 0.944 bits per heavy atom. The molecule has 4 aromatic rings. The van der Waals surface area contributed by atoms with Gasteiger partial charge in [-0.1, -0.05) is 12.1 Å². The van der Waals surface area contributed by atoms with E-state index in [1.165, 1.54) is 7.11 Å². The fraction of sp³-hybridized carbons (Fsp3) is 0.421. The number of aromatic nitrogens is 2. The van der Waals surface area contributed by atoms with Crippen molar-refractivity contribution >= 4 is 83.3 Å². The van der Waals surface area contributed by atoms with E-state index < -0.39 is 0 Å². The molecule has 16 heteroatoms. The highest BCUT2D eigenvalue weighted by molar-refractivity contribution is 6.13. The van der Waals surface area contributed by atoms with Crippen molar-refractivity contribution in [2.75, 3.05) is 89.2 Å². The van der Waals surface area contributed by atoms with E-state index in [1.54, 1.807) is 42.3 Å². The molecule has 1 aliphatic heterocycles. The van der Waals surface area contributed by atoms with E-state index >= 15 is 0 Å². The number of rotatable bonds is 15. The molecule has 1 aliphatic rings. The number of nitrogens with two attached hydrogens (primary N) is 1. The summed E-state index contributed by atoms with van der Waals surface area (Å²) < 4.78 is 11.8. The summed E-state index contributed by atoms with van der Waals surface area (Å²) >= 11 is 0. The van der Waals surface area contributed by atoms with Gasteiger partial charge in [0.05, 0.1) is 36.2 Å². The normalized spacial score (nSPS) is 12.5. The third kappa shape index (κ3) is 11.4. The lowest BCUT2D eigenvalue weighted by molar-refractivity contribution is -0.132. The van der Waals surface area contributed by atoms with Crippen LogP contribution in [-0.4, -0.2) is 112 Å². The average molecular weight is 808 g/mol. The Morgan fingerprint density at radius 3 is 2.39 bits per heavy atom. The molecule has 5 rings (SSSR count). The van der Waals surface area contributed by atoms with Crippen molar-refractivity contribution < 1.29 is 23.9 Å². The molecule has 2 heterocycles. The summed E-state index contributed by atoms with van der Waals surface area (Å²) in [5.41, 5.74) is 9.80. The van der Waals surface area contributed by atoms with Crippen LogP contribution < -0.4 is 30.3 Å². The molecule has 0 unspecified atom stereocenters. The number of methoxy groups -OCH3 is 1. The number of anilines is 3. The minimum absolute atomic E-state index is 0. The zero-order valence-corrected chi connectivity index (χ0v) is 34.0. The van der Waals surface area contributed by atoms with Gasteiger partial charge in [-0.25, -0.2) is 4.98 Å². The molecule has 0 atom stereocenters. The second kappa shape index (κ2) is 21.6. The van der Waals surface area contributed by atoms with Crippen LogP contribution in [0.1, 0.15) is 52.0 Å². The van der Waals surface area contributed by atoms with Crippen LogP contribution in [0.25, 0.3) is 11.0 Å². The number of carbonyl (C=O) groups excluding carboxylic acids is 3. The molecule has 296 valence electrons. The number of likely N-dealkylation sites (N-methyl/N-ethyl adjacent to an activating group) is 2. The van der Waals surface area contributed by atoms with E-state index in [0.29, 0.717) is 71.6 Å². The second-order valence-corrected chi connectivity index (χ2v) is 13.0. The van der Waals surface area contributed by atoms with Gasteiger partial charge in [-0.05, 0) is 81.3 Å². The maximum atomic E-state index is 13.7. The Kier molecular flexibility index (Phi) is 18.3. The zero-order chi connectivity index (χ0) is 36.5. The van der Waals surface area contributed by atoms with Crippen molar-refractivity contribution in [3.63, 3.8) is 0 Å². The van der Waals surface area contributed by atoms with E-state index in [-0.39, 0.29) is 54.9 Å². The van der Waals surface area contributed by atoms with E-state index in [9.17, 15) is 14.4 Å². The van der Waals surface area contributed by atoms with E-state index in [1.807, 2.05) is 48.0 Å². The minimum atomic E-state index is -0.363. The first-order chi connectivity index (χ1) is 24.6. The van der Waals surface area contributed by atoms with Gasteiger partial charge < -0.3 is 45.1 Å². The SMILES string of the molecule is COc1cc(C(=O)N(C)c2ccc(C)cc2OCCCCCC(=O)N2CCN(C)CC2)ccc1NC(=O)c1cccc2[nH]c(N(C)CCN)nc12.Cl.Cl.Cl. The molecule has 1 fully saturated rings. The average Bonchev–Trinajstić information content (AvgIpc) is 3.58. The van der Waals surface area contributed by atoms with Gasteiger partial charge in [0.25, 0.3) is 11.8 Å². The first kappa shape index (κ1) is 45.9. The molecule has 0 spiro atoms. The van der Waals surface area contributed by atoms with Crippen molar-refractivity contribution in [1.82, 2.24) is 19.8 Å². The highest BCUT2D eigenvalue weighted by atomic mass is 35.5. The highest BCUT2D eigenvalue weighted by Gasteiger charge is 2.22. The van der Waals surface area contributed by atoms with Crippen molar-refractivity contribution in [3.8, 4) is 11.5 Å². The molecular weight excluding hydrogens is 755 g/mol. The largest absolute Gasteiger partial charge is 0.495 e. The first-order valence-electron chi connectivity index (χ1n) is 17.5.